The minimum Gasteiger partial charge on any atom is -0.481 e. The fourth-order valence-electron chi connectivity index (χ4n) is 2.68. The third kappa shape index (κ3) is 2.30. The zero-order valence-corrected chi connectivity index (χ0v) is 10.8. The highest BCUT2D eigenvalue weighted by molar-refractivity contribution is 5.99. The fraction of sp³-hybridized carbons (Fsp3) is 0.467. The van der Waals surface area contributed by atoms with Gasteiger partial charge in [0.05, 0.1) is 5.92 Å². The van der Waals surface area contributed by atoms with Crippen LogP contribution in [-0.4, -0.2) is 16.9 Å². The maximum Gasteiger partial charge on any atom is 0.306 e. The number of carboxylic acids is 1. The number of hydrogen-bond donors (Lipinski definition) is 1. The van der Waals surface area contributed by atoms with Gasteiger partial charge in [-0.25, -0.2) is 0 Å². The van der Waals surface area contributed by atoms with Crippen molar-refractivity contribution in [3.05, 3.63) is 34.9 Å². The predicted octanol–water partition coefficient (Wildman–Crippen LogP) is 2.99. The molecule has 1 aliphatic carbocycles. The Morgan fingerprint density at radius 3 is 2.44 bits per heavy atom. The normalized spacial score (nSPS) is 23.0. The largest absolute Gasteiger partial charge is 0.481 e. The SMILES string of the molecule is Cc1cccc(C(=O)[C@H]2CC[C@@H](C(=O)O)C2)c1C. The van der Waals surface area contributed by atoms with Crippen molar-refractivity contribution in [3.8, 4) is 0 Å². The standard InChI is InChI=1S/C15H18O3/c1-9-4-3-5-13(10(9)2)14(16)11-6-7-12(8-11)15(17)18/h3-5,11-12H,6-8H2,1-2H3,(H,17,18)/t11-,12+/m0/s1. The monoisotopic (exact) mass is 246 g/mol. The quantitative estimate of drug-likeness (QED) is 0.834. The van der Waals surface area contributed by atoms with Crippen LogP contribution in [0.3, 0.4) is 0 Å². The van der Waals surface area contributed by atoms with E-state index in [2.05, 4.69) is 0 Å². The lowest BCUT2D eigenvalue weighted by atomic mass is 9.91. The topological polar surface area (TPSA) is 54.4 Å². The second-order valence-corrected chi connectivity index (χ2v) is 5.16. The second-order valence-electron chi connectivity index (χ2n) is 5.16. The van der Waals surface area contributed by atoms with Crippen LogP contribution in [0.4, 0.5) is 0 Å². The van der Waals surface area contributed by atoms with Gasteiger partial charge in [-0.3, -0.25) is 9.59 Å². The van der Waals surface area contributed by atoms with Crippen molar-refractivity contribution in [2.45, 2.75) is 33.1 Å². The summed E-state index contributed by atoms with van der Waals surface area (Å²) in [6, 6.07) is 5.72. The van der Waals surface area contributed by atoms with Crippen LogP contribution in [-0.2, 0) is 4.79 Å². The molecule has 2 rings (SSSR count). The number of carbonyl (C=O) groups excluding carboxylic acids is 1. The van der Waals surface area contributed by atoms with E-state index >= 15 is 0 Å². The highest BCUT2D eigenvalue weighted by atomic mass is 16.4. The molecule has 0 amide bonds. The zero-order chi connectivity index (χ0) is 13.3. The van der Waals surface area contributed by atoms with Crippen LogP contribution < -0.4 is 0 Å². The van der Waals surface area contributed by atoms with Gasteiger partial charge in [0, 0.05) is 11.5 Å². The summed E-state index contributed by atoms with van der Waals surface area (Å²) in [7, 11) is 0. The van der Waals surface area contributed by atoms with Gasteiger partial charge >= 0.3 is 5.97 Å². The number of ketones is 1. The molecule has 0 radical (unpaired) electrons. The molecule has 0 aromatic heterocycles. The Balaban J connectivity index is 2.18. The van der Waals surface area contributed by atoms with E-state index in [1.807, 2.05) is 32.0 Å². The van der Waals surface area contributed by atoms with Crippen LogP contribution in [0.15, 0.2) is 18.2 Å². The Bertz CT molecular complexity index is 491. The Morgan fingerprint density at radius 1 is 1.17 bits per heavy atom. The van der Waals surface area contributed by atoms with Gasteiger partial charge < -0.3 is 5.11 Å². The fourth-order valence-corrected chi connectivity index (χ4v) is 2.68. The first kappa shape index (κ1) is 12.8. The minimum absolute atomic E-state index is 0.111. The van der Waals surface area contributed by atoms with E-state index < -0.39 is 5.97 Å². The molecule has 1 aromatic rings. The number of hydrogen-bond acceptors (Lipinski definition) is 2. The van der Waals surface area contributed by atoms with Crippen LogP contribution in [0.25, 0.3) is 0 Å². The van der Waals surface area contributed by atoms with E-state index in [1.165, 1.54) is 0 Å². The molecule has 3 heteroatoms. The van der Waals surface area contributed by atoms with Gasteiger partial charge in [0.25, 0.3) is 0 Å². The maximum absolute atomic E-state index is 12.4. The summed E-state index contributed by atoms with van der Waals surface area (Å²) in [5.74, 6) is -1.12. The minimum atomic E-state index is -0.772. The number of aliphatic carboxylic acids is 1. The Hall–Kier alpha value is -1.64. The molecule has 0 spiro atoms. The summed E-state index contributed by atoms with van der Waals surface area (Å²) in [6.07, 6.45) is 1.81. The Kier molecular flexibility index (Phi) is 3.50. The summed E-state index contributed by atoms with van der Waals surface area (Å²) in [4.78, 5) is 23.3. The molecule has 2 atom stereocenters. The van der Waals surface area contributed by atoms with Crippen molar-refractivity contribution in [3.63, 3.8) is 0 Å². The number of Topliss-reactive ketones (excluding diaryl/α,β-unsaturated/α-hetero) is 1. The van der Waals surface area contributed by atoms with Crippen molar-refractivity contribution < 1.29 is 14.7 Å². The van der Waals surface area contributed by atoms with Crippen LogP contribution in [0, 0.1) is 25.7 Å². The van der Waals surface area contributed by atoms with Gasteiger partial charge in [-0.1, -0.05) is 18.2 Å². The van der Waals surface area contributed by atoms with Crippen molar-refractivity contribution in [1.82, 2.24) is 0 Å². The first-order valence-electron chi connectivity index (χ1n) is 6.34. The molecule has 1 aromatic carbocycles. The maximum atomic E-state index is 12.4. The molecule has 0 unspecified atom stereocenters. The average Bonchev–Trinajstić information content (AvgIpc) is 2.81. The number of aryl methyl sites for hydroxylation is 1. The zero-order valence-electron chi connectivity index (χ0n) is 10.8. The van der Waals surface area contributed by atoms with E-state index in [9.17, 15) is 9.59 Å². The Morgan fingerprint density at radius 2 is 1.83 bits per heavy atom. The molecule has 0 saturated heterocycles. The summed E-state index contributed by atoms with van der Waals surface area (Å²) in [5.41, 5.74) is 2.88. The highest BCUT2D eigenvalue weighted by Gasteiger charge is 2.34. The van der Waals surface area contributed by atoms with Gasteiger partial charge in [-0.2, -0.15) is 0 Å². The smallest absolute Gasteiger partial charge is 0.306 e. The molecule has 1 N–H and O–H groups in total. The van der Waals surface area contributed by atoms with E-state index in [0.29, 0.717) is 19.3 Å². The number of carboxylic acid groups (broad SMARTS) is 1. The van der Waals surface area contributed by atoms with Gasteiger partial charge in [-0.05, 0) is 44.2 Å². The van der Waals surface area contributed by atoms with Crippen LogP contribution in [0.1, 0.15) is 40.7 Å². The molecule has 0 bridgehead atoms. The summed E-state index contributed by atoms with van der Waals surface area (Å²) >= 11 is 0. The van der Waals surface area contributed by atoms with Crippen molar-refractivity contribution in [1.29, 1.82) is 0 Å². The van der Waals surface area contributed by atoms with Crippen LogP contribution in [0.5, 0.6) is 0 Å². The van der Waals surface area contributed by atoms with Gasteiger partial charge in [-0.15, -0.1) is 0 Å². The second kappa shape index (κ2) is 4.92. The number of rotatable bonds is 3. The van der Waals surface area contributed by atoms with Gasteiger partial charge in [0.2, 0.25) is 0 Å². The molecule has 18 heavy (non-hydrogen) atoms. The van der Waals surface area contributed by atoms with E-state index in [4.69, 9.17) is 5.11 Å². The van der Waals surface area contributed by atoms with E-state index in [0.717, 1.165) is 16.7 Å². The summed E-state index contributed by atoms with van der Waals surface area (Å²) in [5, 5.41) is 8.97. The molecule has 96 valence electrons. The van der Waals surface area contributed by atoms with E-state index in [1.54, 1.807) is 0 Å². The average molecular weight is 246 g/mol. The predicted molar refractivity (Wildman–Crippen MR) is 68.7 cm³/mol. The van der Waals surface area contributed by atoms with Gasteiger partial charge in [0.15, 0.2) is 5.78 Å². The third-order valence-corrected chi connectivity index (χ3v) is 4.02. The van der Waals surface area contributed by atoms with Crippen molar-refractivity contribution in [2.24, 2.45) is 11.8 Å². The lowest BCUT2D eigenvalue weighted by molar-refractivity contribution is -0.141. The lowest BCUT2D eigenvalue weighted by Gasteiger charge is -2.12. The molecular formula is C15H18O3. The first-order chi connectivity index (χ1) is 8.50. The molecule has 3 nitrogen and oxygen atoms in total. The van der Waals surface area contributed by atoms with Gasteiger partial charge in [0.1, 0.15) is 0 Å². The first-order valence-corrected chi connectivity index (χ1v) is 6.34. The molecular weight excluding hydrogens is 228 g/mol. The molecule has 1 saturated carbocycles. The summed E-state index contributed by atoms with van der Waals surface area (Å²) in [6.45, 7) is 3.94. The molecule has 1 aliphatic rings. The third-order valence-electron chi connectivity index (χ3n) is 4.02. The number of benzene rings is 1. The molecule has 1 fully saturated rings. The lowest BCUT2D eigenvalue weighted by Crippen LogP contribution is -2.15. The molecule has 0 heterocycles. The number of carbonyl (C=O) groups is 2. The van der Waals surface area contributed by atoms with Crippen molar-refractivity contribution >= 4 is 11.8 Å². The van der Waals surface area contributed by atoms with Crippen LogP contribution in [0.2, 0.25) is 0 Å². The summed E-state index contributed by atoms with van der Waals surface area (Å²) < 4.78 is 0. The van der Waals surface area contributed by atoms with Crippen molar-refractivity contribution in [2.75, 3.05) is 0 Å². The van der Waals surface area contributed by atoms with Crippen LogP contribution >= 0.6 is 0 Å². The Labute approximate surface area is 107 Å². The van der Waals surface area contributed by atoms with E-state index in [-0.39, 0.29) is 17.6 Å². The molecule has 0 aliphatic heterocycles. The highest BCUT2D eigenvalue weighted by Crippen LogP contribution is 2.34.